The normalized spacial score (nSPS) is 10.3. The third-order valence-electron chi connectivity index (χ3n) is 3.30. The number of hydrogen-bond donors (Lipinski definition) is 1. The number of rotatable bonds is 4. The molecule has 0 aliphatic rings. The van der Waals surface area contributed by atoms with Crippen LogP contribution in [0.4, 0.5) is 10.1 Å². The molecule has 3 nitrogen and oxygen atoms in total. The number of benzene rings is 2. The molecular weight excluding hydrogens is 267 g/mol. The third kappa shape index (κ3) is 3.81. The van der Waals surface area contributed by atoms with Gasteiger partial charge in [0.2, 0.25) is 0 Å². The molecule has 0 bridgehead atoms. The van der Waals surface area contributed by atoms with Gasteiger partial charge in [-0.25, -0.2) is 4.39 Å². The van der Waals surface area contributed by atoms with Crippen LogP contribution in [0.25, 0.3) is 0 Å². The summed E-state index contributed by atoms with van der Waals surface area (Å²) in [6.07, 6.45) is 0. The Morgan fingerprint density at radius 3 is 2.62 bits per heavy atom. The molecule has 0 fully saturated rings. The summed E-state index contributed by atoms with van der Waals surface area (Å²) in [6.45, 7) is 2.09. The summed E-state index contributed by atoms with van der Waals surface area (Å²) >= 11 is 0. The van der Waals surface area contributed by atoms with Crippen molar-refractivity contribution in [2.24, 2.45) is 0 Å². The second-order valence-electron chi connectivity index (χ2n) is 5.21. The Morgan fingerprint density at radius 2 is 1.95 bits per heavy atom. The summed E-state index contributed by atoms with van der Waals surface area (Å²) in [5.41, 5.74) is 3.04. The maximum atomic E-state index is 13.2. The first-order valence-corrected chi connectivity index (χ1v) is 6.78. The highest BCUT2D eigenvalue weighted by atomic mass is 19.1. The molecule has 0 unspecified atom stereocenters. The zero-order chi connectivity index (χ0) is 15.4. The van der Waals surface area contributed by atoms with Crippen LogP contribution in [0.3, 0.4) is 0 Å². The first-order chi connectivity index (χ1) is 9.97. The van der Waals surface area contributed by atoms with E-state index in [4.69, 9.17) is 0 Å². The van der Waals surface area contributed by atoms with Gasteiger partial charge < -0.3 is 10.2 Å². The summed E-state index contributed by atoms with van der Waals surface area (Å²) in [7, 11) is 3.86. The van der Waals surface area contributed by atoms with Crippen molar-refractivity contribution in [2.45, 2.75) is 13.5 Å². The van der Waals surface area contributed by atoms with Crippen molar-refractivity contribution in [3.05, 3.63) is 65.0 Å². The lowest BCUT2D eigenvalue weighted by Crippen LogP contribution is -2.23. The average molecular weight is 286 g/mol. The van der Waals surface area contributed by atoms with Crippen LogP contribution >= 0.6 is 0 Å². The highest BCUT2D eigenvalue weighted by Gasteiger charge is 2.07. The van der Waals surface area contributed by atoms with Gasteiger partial charge in [0.05, 0.1) is 0 Å². The van der Waals surface area contributed by atoms with E-state index in [0.29, 0.717) is 17.7 Å². The van der Waals surface area contributed by atoms with E-state index >= 15 is 0 Å². The van der Waals surface area contributed by atoms with Crippen molar-refractivity contribution in [3.8, 4) is 0 Å². The van der Waals surface area contributed by atoms with E-state index in [2.05, 4.69) is 5.32 Å². The topological polar surface area (TPSA) is 32.3 Å². The lowest BCUT2D eigenvalue weighted by Gasteiger charge is -2.13. The van der Waals surface area contributed by atoms with Gasteiger partial charge in [-0.1, -0.05) is 18.2 Å². The van der Waals surface area contributed by atoms with Crippen LogP contribution in [-0.4, -0.2) is 20.0 Å². The SMILES string of the molecule is Cc1cc(CNC(=O)c2cccc(N(C)C)c2)ccc1F. The fourth-order valence-corrected chi connectivity index (χ4v) is 2.03. The van der Waals surface area contributed by atoms with E-state index in [9.17, 15) is 9.18 Å². The Balaban J connectivity index is 2.04. The summed E-state index contributed by atoms with van der Waals surface area (Å²) in [4.78, 5) is 14.1. The molecule has 21 heavy (non-hydrogen) atoms. The van der Waals surface area contributed by atoms with Gasteiger partial charge >= 0.3 is 0 Å². The maximum Gasteiger partial charge on any atom is 0.251 e. The summed E-state index contributed by atoms with van der Waals surface area (Å²) in [6, 6.07) is 12.3. The fraction of sp³-hybridized carbons (Fsp3) is 0.235. The number of aryl methyl sites for hydroxylation is 1. The van der Waals surface area contributed by atoms with Crippen molar-refractivity contribution in [1.82, 2.24) is 5.32 Å². The molecule has 0 spiro atoms. The molecule has 2 aromatic carbocycles. The van der Waals surface area contributed by atoms with Gasteiger partial charge in [-0.15, -0.1) is 0 Å². The maximum absolute atomic E-state index is 13.2. The standard InChI is InChI=1S/C17H19FN2O/c1-12-9-13(7-8-16(12)18)11-19-17(21)14-5-4-6-15(10-14)20(2)3/h4-10H,11H2,1-3H3,(H,19,21). The lowest BCUT2D eigenvalue weighted by atomic mass is 10.1. The predicted molar refractivity (Wildman–Crippen MR) is 83.1 cm³/mol. The number of carbonyl (C=O) groups is 1. The predicted octanol–water partition coefficient (Wildman–Crippen LogP) is 3.13. The summed E-state index contributed by atoms with van der Waals surface area (Å²) < 4.78 is 13.2. The highest BCUT2D eigenvalue weighted by molar-refractivity contribution is 5.95. The van der Waals surface area contributed by atoms with Crippen molar-refractivity contribution < 1.29 is 9.18 Å². The summed E-state index contributed by atoms with van der Waals surface area (Å²) in [5.74, 6) is -0.371. The first kappa shape index (κ1) is 15.0. The van der Waals surface area contributed by atoms with Crippen LogP contribution < -0.4 is 10.2 Å². The second kappa shape index (κ2) is 6.39. The largest absolute Gasteiger partial charge is 0.378 e. The van der Waals surface area contributed by atoms with Crippen molar-refractivity contribution in [1.29, 1.82) is 0 Å². The van der Waals surface area contributed by atoms with Crippen LogP contribution in [0.2, 0.25) is 0 Å². The molecule has 0 aliphatic carbocycles. The molecule has 110 valence electrons. The third-order valence-corrected chi connectivity index (χ3v) is 3.30. The molecule has 0 saturated heterocycles. The molecule has 0 saturated carbocycles. The van der Waals surface area contributed by atoms with Crippen LogP contribution in [0, 0.1) is 12.7 Å². The number of nitrogens with zero attached hydrogens (tertiary/aromatic N) is 1. The van der Waals surface area contributed by atoms with Gasteiger partial charge in [-0.05, 0) is 42.3 Å². The minimum absolute atomic E-state index is 0.138. The molecule has 2 aromatic rings. The van der Waals surface area contributed by atoms with Gasteiger partial charge in [-0.2, -0.15) is 0 Å². The lowest BCUT2D eigenvalue weighted by molar-refractivity contribution is 0.0951. The molecule has 1 N–H and O–H groups in total. The Bertz CT molecular complexity index is 653. The molecule has 0 aliphatic heterocycles. The summed E-state index contributed by atoms with van der Waals surface area (Å²) in [5, 5.41) is 2.85. The monoisotopic (exact) mass is 286 g/mol. The number of hydrogen-bond acceptors (Lipinski definition) is 2. The van der Waals surface area contributed by atoms with E-state index in [1.54, 1.807) is 25.1 Å². The molecule has 0 heterocycles. The molecule has 0 radical (unpaired) electrons. The van der Waals surface area contributed by atoms with E-state index < -0.39 is 0 Å². The zero-order valence-corrected chi connectivity index (χ0v) is 12.5. The van der Waals surface area contributed by atoms with Crippen molar-refractivity contribution >= 4 is 11.6 Å². The average Bonchev–Trinajstić information content (AvgIpc) is 2.48. The van der Waals surface area contributed by atoms with Crippen molar-refractivity contribution in [3.63, 3.8) is 0 Å². The number of amides is 1. The molecule has 0 atom stereocenters. The van der Waals surface area contributed by atoms with E-state index in [1.165, 1.54) is 6.07 Å². The molecule has 2 rings (SSSR count). The minimum Gasteiger partial charge on any atom is -0.378 e. The van der Waals surface area contributed by atoms with Gasteiger partial charge in [0.1, 0.15) is 5.82 Å². The molecule has 0 aromatic heterocycles. The Morgan fingerprint density at radius 1 is 1.19 bits per heavy atom. The van der Waals surface area contributed by atoms with E-state index in [-0.39, 0.29) is 11.7 Å². The Kier molecular flexibility index (Phi) is 4.58. The quantitative estimate of drug-likeness (QED) is 0.936. The first-order valence-electron chi connectivity index (χ1n) is 6.78. The fourth-order valence-electron chi connectivity index (χ4n) is 2.03. The smallest absolute Gasteiger partial charge is 0.251 e. The number of carbonyl (C=O) groups excluding carboxylic acids is 1. The van der Waals surface area contributed by atoms with E-state index in [1.807, 2.05) is 37.2 Å². The van der Waals surface area contributed by atoms with Crippen LogP contribution in [0.15, 0.2) is 42.5 Å². The van der Waals surface area contributed by atoms with Crippen LogP contribution in [0.5, 0.6) is 0 Å². The van der Waals surface area contributed by atoms with Gasteiger partial charge in [0.25, 0.3) is 5.91 Å². The van der Waals surface area contributed by atoms with Gasteiger partial charge in [0, 0.05) is 31.9 Å². The Labute approximate surface area is 124 Å². The molecule has 1 amide bonds. The number of anilines is 1. The highest BCUT2D eigenvalue weighted by Crippen LogP contribution is 2.14. The number of nitrogens with one attached hydrogen (secondary N) is 1. The van der Waals surface area contributed by atoms with Crippen LogP contribution in [-0.2, 0) is 6.54 Å². The zero-order valence-electron chi connectivity index (χ0n) is 12.5. The van der Waals surface area contributed by atoms with E-state index in [0.717, 1.165) is 11.3 Å². The minimum atomic E-state index is -0.233. The molecule has 4 heteroatoms. The number of halogens is 1. The van der Waals surface area contributed by atoms with Gasteiger partial charge in [0.15, 0.2) is 0 Å². The molecular formula is C17H19FN2O. The van der Waals surface area contributed by atoms with Crippen LogP contribution in [0.1, 0.15) is 21.5 Å². The Hall–Kier alpha value is -2.36. The van der Waals surface area contributed by atoms with Crippen molar-refractivity contribution in [2.75, 3.05) is 19.0 Å². The van der Waals surface area contributed by atoms with Gasteiger partial charge in [-0.3, -0.25) is 4.79 Å². The second-order valence-corrected chi connectivity index (χ2v) is 5.21.